The molecule has 0 aliphatic carbocycles. The Kier molecular flexibility index (Phi) is 7.17. The van der Waals surface area contributed by atoms with Gasteiger partial charge in [-0.05, 0) is 33.4 Å². The maximum Gasteiger partial charge on any atom is 0.0208 e. The van der Waals surface area contributed by atoms with Gasteiger partial charge in [-0.1, -0.05) is 73.8 Å². The van der Waals surface area contributed by atoms with E-state index in [1.807, 2.05) is 6.08 Å². The lowest BCUT2D eigenvalue weighted by Gasteiger charge is -2.12. The molecule has 3 N–H and O–H groups in total. The van der Waals surface area contributed by atoms with E-state index >= 15 is 0 Å². The Labute approximate surface area is 162 Å². The molecule has 0 radical (unpaired) electrons. The van der Waals surface area contributed by atoms with Crippen LogP contribution in [0.4, 0.5) is 0 Å². The Morgan fingerprint density at radius 1 is 0.667 bits per heavy atom. The molecule has 1 heterocycles. The molecule has 2 aromatic carbocycles. The van der Waals surface area contributed by atoms with Crippen molar-refractivity contribution in [2.45, 2.75) is 26.2 Å². The van der Waals surface area contributed by atoms with E-state index in [1.165, 1.54) is 22.3 Å². The summed E-state index contributed by atoms with van der Waals surface area (Å²) in [6, 6.07) is 17.5. The van der Waals surface area contributed by atoms with Gasteiger partial charge in [-0.3, -0.25) is 0 Å². The van der Waals surface area contributed by atoms with Crippen molar-refractivity contribution in [1.82, 2.24) is 16.0 Å². The smallest absolute Gasteiger partial charge is 0.0208 e. The molecule has 0 aromatic heterocycles. The Hall–Kier alpha value is -2.46. The standard InChI is InChI=1S/C24H29N3/c1-3-20-10-19(2)13-25-15-21-6-4-8-23(11-21)17-27-18-24-9-5-7-22(12-24)16-26-14-20/h3-12,25-27H,1-2,13-18H2/b20-10+. The van der Waals surface area contributed by atoms with Crippen LogP contribution in [0.25, 0.3) is 0 Å². The molecular formula is C24H29N3. The maximum atomic E-state index is 4.17. The Bertz CT molecular complexity index is 820. The van der Waals surface area contributed by atoms with Gasteiger partial charge in [-0.15, -0.1) is 0 Å². The number of benzene rings is 2. The van der Waals surface area contributed by atoms with Gasteiger partial charge in [0, 0.05) is 39.3 Å². The van der Waals surface area contributed by atoms with E-state index in [9.17, 15) is 0 Å². The van der Waals surface area contributed by atoms with Gasteiger partial charge in [0.15, 0.2) is 0 Å². The zero-order valence-electron chi connectivity index (χ0n) is 15.9. The molecule has 4 bridgehead atoms. The molecule has 3 heteroatoms. The van der Waals surface area contributed by atoms with Crippen LogP contribution in [0, 0.1) is 0 Å². The first-order valence-electron chi connectivity index (χ1n) is 9.51. The van der Waals surface area contributed by atoms with Gasteiger partial charge in [0.05, 0.1) is 0 Å². The Balaban J connectivity index is 1.77. The van der Waals surface area contributed by atoms with E-state index in [2.05, 4.69) is 83.7 Å². The SMILES string of the molecule is C=C/C1=C\C(=C)CNCc2cccc(c2)CNCc2cccc(c2)CNC1. The van der Waals surface area contributed by atoms with Gasteiger partial charge in [-0.25, -0.2) is 0 Å². The van der Waals surface area contributed by atoms with Gasteiger partial charge in [0.25, 0.3) is 0 Å². The van der Waals surface area contributed by atoms with Crippen molar-refractivity contribution in [3.05, 3.63) is 107 Å². The van der Waals surface area contributed by atoms with Crippen molar-refractivity contribution in [1.29, 1.82) is 0 Å². The lowest BCUT2D eigenvalue weighted by atomic mass is 10.1. The molecule has 0 saturated heterocycles. The molecule has 3 nitrogen and oxygen atoms in total. The predicted molar refractivity (Wildman–Crippen MR) is 114 cm³/mol. The van der Waals surface area contributed by atoms with Crippen LogP contribution < -0.4 is 16.0 Å². The van der Waals surface area contributed by atoms with E-state index in [1.54, 1.807) is 0 Å². The molecule has 3 rings (SSSR count). The normalized spacial score (nSPS) is 18.7. The largest absolute Gasteiger partial charge is 0.309 e. The molecule has 2 aromatic rings. The first-order chi connectivity index (χ1) is 13.2. The van der Waals surface area contributed by atoms with E-state index < -0.39 is 0 Å². The minimum atomic E-state index is 0.766. The molecule has 1 aliphatic rings. The van der Waals surface area contributed by atoms with Crippen LogP contribution in [-0.4, -0.2) is 13.1 Å². The van der Waals surface area contributed by atoms with Crippen molar-refractivity contribution < 1.29 is 0 Å². The third-order valence-electron chi connectivity index (χ3n) is 4.63. The second kappa shape index (κ2) is 10.0. The first-order valence-corrected chi connectivity index (χ1v) is 9.51. The summed E-state index contributed by atoms with van der Waals surface area (Å²) in [5.41, 5.74) is 7.42. The molecule has 0 saturated carbocycles. The van der Waals surface area contributed by atoms with Crippen LogP contribution in [0.1, 0.15) is 22.3 Å². The van der Waals surface area contributed by atoms with Crippen molar-refractivity contribution in [3.8, 4) is 0 Å². The summed E-state index contributed by atoms with van der Waals surface area (Å²) in [6.07, 6.45) is 4.02. The molecule has 0 atom stereocenters. The second-order valence-corrected chi connectivity index (χ2v) is 7.03. The van der Waals surface area contributed by atoms with Gasteiger partial charge < -0.3 is 16.0 Å². The third kappa shape index (κ3) is 6.33. The van der Waals surface area contributed by atoms with Crippen molar-refractivity contribution in [3.63, 3.8) is 0 Å². The summed E-state index contributed by atoms with van der Waals surface area (Å²) in [7, 11) is 0. The number of fused-ring (bicyclic) bond motifs is 4. The molecule has 0 fully saturated rings. The fraction of sp³-hybridized carbons (Fsp3) is 0.250. The van der Waals surface area contributed by atoms with Gasteiger partial charge in [-0.2, -0.15) is 0 Å². The van der Waals surface area contributed by atoms with Crippen LogP contribution in [0.2, 0.25) is 0 Å². The van der Waals surface area contributed by atoms with E-state index in [0.29, 0.717) is 0 Å². The minimum Gasteiger partial charge on any atom is -0.309 e. The van der Waals surface area contributed by atoms with Crippen molar-refractivity contribution >= 4 is 0 Å². The minimum absolute atomic E-state index is 0.766. The average Bonchev–Trinajstić information content (AvgIpc) is 2.67. The molecule has 140 valence electrons. The third-order valence-corrected chi connectivity index (χ3v) is 4.63. The van der Waals surface area contributed by atoms with Crippen LogP contribution in [0.3, 0.4) is 0 Å². The molecular weight excluding hydrogens is 330 g/mol. The van der Waals surface area contributed by atoms with Crippen LogP contribution >= 0.6 is 0 Å². The number of hydrogen-bond donors (Lipinski definition) is 3. The molecule has 0 amide bonds. The maximum absolute atomic E-state index is 4.17. The first kappa shape index (κ1) is 19.3. The van der Waals surface area contributed by atoms with Crippen LogP contribution in [-0.2, 0) is 26.2 Å². The number of nitrogens with one attached hydrogen (secondary N) is 3. The van der Waals surface area contributed by atoms with Crippen LogP contribution in [0.5, 0.6) is 0 Å². The Morgan fingerprint density at radius 3 is 1.59 bits per heavy atom. The summed E-state index contributed by atoms with van der Waals surface area (Å²) in [5, 5.41) is 10.5. The van der Waals surface area contributed by atoms with E-state index in [4.69, 9.17) is 0 Å². The van der Waals surface area contributed by atoms with Gasteiger partial charge in [0.2, 0.25) is 0 Å². The lowest BCUT2D eigenvalue weighted by molar-refractivity contribution is 0.686. The molecule has 0 spiro atoms. The van der Waals surface area contributed by atoms with Crippen molar-refractivity contribution in [2.24, 2.45) is 0 Å². The lowest BCUT2D eigenvalue weighted by Crippen LogP contribution is -2.19. The van der Waals surface area contributed by atoms with Gasteiger partial charge >= 0.3 is 0 Å². The fourth-order valence-corrected chi connectivity index (χ4v) is 3.26. The number of rotatable bonds is 1. The highest BCUT2D eigenvalue weighted by atomic mass is 14.9. The highest BCUT2D eigenvalue weighted by Crippen LogP contribution is 2.09. The van der Waals surface area contributed by atoms with E-state index in [0.717, 1.165) is 50.4 Å². The second-order valence-electron chi connectivity index (χ2n) is 7.03. The summed E-state index contributed by atoms with van der Waals surface area (Å²) in [4.78, 5) is 0. The summed E-state index contributed by atoms with van der Waals surface area (Å²) < 4.78 is 0. The summed E-state index contributed by atoms with van der Waals surface area (Å²) in [6.45, 7) is 13.1. The highest BCUT2D eigenvalue weighted by molar-refractivity contribution is 5.30. The fourth-order valence-electron chi connectivity index (χ4n) is 3.26. The van der Waals surface area contributed by atoms with E-state index in [-0.39, 0.29) is 0 Å². The van der Waals surface area contributed by atoms with Crippen molar-refractivity contribution in [2.75, 3.05) is 13.1 Å². The molecule has 0 unspecified atom stereocenters. The summed E-state index contributed by atoms with van der Waals surface area (Å²) >= 11 is 0. The highest BCUT2D eigenvalue weighted by Gasteiger charge is 2.01. The zero-order valence-corrected chi connectivity index (χ0v) is 15.9. The quantitative estimate of drug-likeness (QED) is 0.724. The van der Waals surface area contributed by atoms with Gasteiger partial charge in [0.1, 0.15) is 0 Å². The zero-order chi connectivity index (χ0) is 18.9. The predicted octanol–water partition coefficient (Wildman–Crippen LogP) is 3.84. The molecule has 27 heavy (non-hydrogen) atoms. The average molecular weight is 360 g/mol. The number of hydrogen-bond acceptors (Lipinski definition) is 3. The Morgan fingerprint density at radius 2 is 1.11 bits per heavy atom. The van der Waals surface area contributed by atoms with Crippen LogP contribution in [0.15, 0.2) is 85.0 Å². The monoisotopic (exact) mass is 359 g/mol. The topological polar surface area (TPSA) is 36.1 Å². The molecule has 1 aliphatic heterocycles. The summed E-state index contributed by atoms with van der Waals surface area (Å²) in [5.74, 6) is 0.